The summed E-state index contributed by atoms with van der Waals surface area (Å²) >= 11 is 0. The molecular weight excluding hydrogens is 342 g/mol. The van der Waals surface area contributed by atoms with Crippen LogP contribution < -0.4 is 10.2 Å². The molecule has 0 bridgehead atoms. The summed E-state index contributed by atoms with van der Waals surface area (Å²) in [6, 6.07) is 3.65. The van der Waals surface area contributed by atoms with Gasteiger partial charge >= 0.3 is 0 Å². The normalized spacial score (nSPS) is 22.8. The summed E-state index contributed by atoms with van der Waals surface area (Å²) in [4.78, 5) is 14.3. The third kappa shape index (κ3) is 3.16. The van der Waals surface area contributed by atoms with E-state index in [2.05, 4.69) is 15.5 Å². The van der Waals surface area contributed by atoms with Crippen molar-refractivity contribution in [1.29, 1.82) is 0 Å². The summed E-state index contributed by atoms with van der Waals surface area (Å²) in [6.45, 7) is 2.10. The third-order valence-corrected chi connectivity index (χ3v) is 5.03. The molecule has 2 fully saturated rings. The van der Waals surface area contributed by atoms with E-state index in [1.165, 1.54) is 24.4 Å². The van der Waals surface area contributed by atoms with Crippen LogP contribution in [0.25, 0.3) is 0 Å². The van der Waals surface area contributed by atoms with Crippen LogP contribution in [0.5, 0.6) is 0 Å². The van der Waals surface area contributed by atoms with Crippen molar-refractivity contribution in [3.05, 3.63) is 47.3 Å². The molecule has 4 rings (SSSR count). The number of carbonyl (C=O) groups is 1. The summed E-state index contributed by atoms with van der Waals surface area (Å²) in [5.41, 5.74) is 1.27. The fourth-order valence-corrected chi connectivity index (χ4v) is 3.69. The molecule has 1 aromatic carbocycles. The van der Waals surface area contributed by atoms with Gasteiger partial charge in [-0.25, -0.2) is 8.78 Å². The molecule has 2 atom stereocenters. The average Bonchev–Trinajstić information content (AvgIpc) is 3.36. The van der Waals surface area contributed by atoms with Gasteiger partial charge in [0.05, 0.1) is 24.1 Å². The average molecular weight is 362 g/mol. The minimum atomic E-state index is -0.588. The maximum atomic E-state index is 13.9. The zero-order valence-corrected chi connectivity index (χ0v) is 14.2. The van der Waals surface area contributed by atoms with Gasteiger partial charge in [-0.1, -0.05) is 6.07 Å². The van der Waals surface area contributed by atoms with Gasteiger partial charge in [-0.15, -0.1) is 0 Å². The summed E-state index contributed by atoms with van der Waals surface area (Å²) in [5.74, 6) is -1.25. The standard InChI is InChI=1S/C18H20F2N4O2/c19-14-2-1-3-15(20)17(14)24-6-4-12(9-24)22-18(25)13-8-21-23-16(13)11-5-7-26-10-11/h1-3,8,11-12H,4-7,9-10H2,(H,21,23)(H,22,25). The summed E-state index contributed by atoms with van der Waals surface area (Å²) < 4.78 is 33.3. The van der Waals surface area contributed by atoms with E-state index in [0.29, 0.717) is 38.3 Å². The number of benzene rings is 1. The highest BCUT2D eigenvalue weighted by molar-refractivity contribution is 5.95. The van der Waals surface area contributed by atoms with E-state index < -0.39 is 11.6 Å². The Balaban J connectivity index is 1.43. The van der Waals surface area contributed by atoms with Crippen molar-refractivity contribution in [1.82, 2.24) is 15.5 Å². The number of aromatic nitrogens is 2. The Morgan fingerprint density at radius 3 is 2.85 bits per heavy atom. The number of amides is 1. The predicted molar refractivity (Wildman–Crippen MR) is 91.2 cm³/mol. The number of nitrogens with zero attached hydrogens (tertiary/aromatic N) is 2. The van der Waals surface area contributed by atoms with E-state index in [4.69, 9.17) is 4.74 Å². The van der Waals surface area contributed by atoms with Gasteiger partial charge in [0.25, 0.3) is 5.91 Å². The van der Waals surface area contributed by atoms with Gasteiger partial charge in [-0.05, 0) is 25.0 Å². The predicted octanol–water partition coefficient (Wildman–Crippen LogP) is 2.20. The lowest BCUT2D eigenvalue weighted by Crippen LogP contribution is -2.37. The number of hydrogen-bond donors (Lipinski definition) is 2. The topological polar surface area (TPSA) is 70.2 Å². The summed E-state index contributed by atoms with van der Waals surface area (Å²) in [7, 11) is 0. The number of hydrogen-bond acceptors (Lipinski definition) is 4. The first-order valence-electron chi connectivity index (χ1n) is 8.74. The van der Waals surface area contributed by atoms with Crippen LogP contribution in [0, 0.1) is 11.6 Å². The second kappa shape index (κ2) is 7.03. The largest absolute Gasteiger partial charge is 0.381 e. The van der Waals surface area contributed by atoms with Crippen LogP contribution in [0.2, 0.25) is 0 Å². The lowest BCUT2D eigenvalue weighted by atomic mass is 10.0. The van der Waals surface area contributed by atoms with Crippen molar-refractivity contribution in [2.45, 2.75) is 24.8 Å². The number of carbonyl (C=O) groups excluding carboxylic acids is 1. The van der Waals surface area contributed by atoms with Crippen molar-refractivity contribution < 1.29 is 18.3 Å². The van der Waals surface area contributed by atoms with Gasteiger partial charge in [0.2, 0.25) is 0 Å². The highest BCUT2D eigenvalue weighted by atomic mass is 19.1. The molecule has 2 aliphatic heterocycles. The SMILES string of the molecule is O=C(NC1CCN(c2c(F)cccc2F)C1)c1cn[nH]c1C1CCOC1. The maximum absolute atomic E-state index is 13.9. The van der Waals surface area contributed by atoms with Gasteiger partial charge in [0.15, 0.2) is 0 Å². The molecule has 2 unspecified atom stereocenters. The second-order valence-corrected chi connectivity index (χ2v) is 6.73. The molecule has 0 spiro atoms. The van der Waals surface area contributed by atoms with E-state index >= 15 is 0 Å². The van der Waals surface area contributed by atoms with Crippen LogP contribution in [-0.2, 0) is 4.74 Å². The molecule has 2 saturated heterocycles. The molecule has 0 aliphatic carbocycles. The Labute approximate surface area is 149 Å². The molecule has 1 aromatic heterocycles. The monoisotopic (exact) mass is 362 g/mol. The number of ether oxygens (including phenoxy) is 1. The summed E-state index contributed by atoms with van der Waals surface area (Å²) in [5, 5.41) is 9.86. The first kappa shape index (κ1) is 17.0. The molecule has 3 heterocycles. The molecule has 26 heavy (non-hydrogen) atoms. The highest BCUT2D eigenvalue weighted by Crippen LogP contribution is 2.28. The molecule has 6 nitrogen and oxygen atoms in total. The number of nitrogens with one attached hydrogen (secondary N) is 2. The molecule has 1 amide bonds. The van der Waals surface area contributed by atoms with Crippen molar-refractivity contribution in [3.8, 4) is 0 Å². The number of rotatable bonds is 4. The van der Waals surface area contributed by atoms with Crippen LogP contribution in [0.15, 0.2) is 24.4 Å². The van der Waals surface area contributed by atoms with Gasteiger partial charge in [-0.2, -0.15) is 5.10 Å². The van der Waals surface area contributed by atoms with Gasteiger partial charge in [0, 0.05) is 31.7 Å². The highest BCUT2D eigenvalue weighted by Gasteiger charge is 2.30. The van der Waals surface area contributed by atoms with Crippen molar-refractivity contribution in [3.63, 3.8) is 0 Å². The molecule has 0 radical (unpaired) electrons. The maximum Gasteiger partial charge on any atom is 0.255 e. The molecule has 8 heteroatoms. The van der Waals surface area contributed by atoms with E-state index in [9.17, 15) is 13.6 Å². The lowest BCUT2D eigenvalue weighted by Gasteiger charge is -2.20. The molecule has 138 valence electrons. The van der Waals surface area contributed by atoms with E-state index in [0.717, 1.165) is 12.1 Å². The number of aromatic amines is 1. The van der Waals surface area contributed by atoms with E-state index in [1.807, 2.05) is 0 Å². The van der Waals surface area contributed by atoms with Gasteiger partial charge < -0.3 is 15.0 Å². The summed E-state index contributed by atoms with van der Waals surface area (Å²) in [6.07, 6.45) is 3.00. The zero-order valence-electron chi connectivity index (χ0n) is 14.2. The van der Waals surface area contributed by atoms with E-state index in [1.54, 1.807) is 4.90 Å². The van der Waals surface area contributed by atoms with Gasteiger partial charge in [-0.3, -0.25) is 9.89 Å². The lowest BCUT2D eigenvalue weighted by molar-refractivity contribution is 0.0939. The number of H-pyrrole nitrogens is 1. The Bertz CT molecular complexity index is 784. The molecule has 2 N–H and O–H groups in total. The Morgan fingerprint density at radius 1 is 1.31 bits per heavy atom. The second-order valence-electron chi connectivity index (χ2n) is 6.73. The number of halogens is 2. The Morgan fingerprint density at radius 2 is 2.12 bits per heavy atom. The first-order chi connectivity index (χ1) is 12.6. The van der Waals surface area contributed by atoms with Crippen molar-refractivity contribution >= 4 is 11.6 Å². The Hall–Kier alpha value is -2.48. The fourth-order valence-electron chi connectivity index (χ4n) is 3.69. The van der Waals surface area contributed by atoms with Gasteiger partial charge in [0.1, 0.15) is 17.3 Å². The van der Waals surface area contributed by atoms with Crippen molar-refractivity contribution in [2.75, 3.05) is 31.2 Å². The van der Waals surface area contributed by atoms with Crippen LogP contribution in [-0.4, -0.2) is 48.4 Å². The first-order valence-corrected chi connectivity index (χ1v) is 8.74. The molecule has 0 saturated carbocycles. The smallest absolute Gasteiger partial charge is 0.255 e. The third-order valence-electron chi connectivity index (χ3n) is 5.03. The molecule has 2 aliphatic rings. The Kier molecular flexibility index (Phi) is 4.58. The van der Waals surface area contributed by atoms with Crippen LogP contribution in [0.3, 0.4) is 0 Å². The van der Waals surface area contributed by atoms with E-state index in [-0.39, 0.29) is 23.6 Å². The minimum Gasteiger partial charge on any atom is -0.381 e. The minimum absolute atomic E-state index is 0.0312. The van der Waals surface area contributed by atoms with Crippen LogP contribution in [0.4, 0.5) is 14.5 Å². The van der Waals surface area contributed by atoms with Crippen molar-refractivity contribution in [2.24, 2.45) is 0 Å². The number of para-hydroxylation sites is 1. The quantitative estimate of drug-likeness (QED) is 0.875. The molecule has 2 aromatic rings. The van der Waals surface area contributed by atoms with Crippen LogP contribution in [0.1, 0.15) is 34.8 Å². The fraction of sp³-hybridized carbons (Fsp3) is 0.444. The zero-order chi connectivity index (χ0) is 18.1. The van der Waals surface area contributed by atoms with Crippen LogP contribution >= 0.6 is 0 Å². The molecular formula is C18H20F2N4O2. The number of anilines is 1.